The second-order valence-electron chi connectivity index (χ2n) is 8.09. The summed E-state index contributed by atoms with van der Waals surface area (Å²) in [6.07, 6.45) is 0.962. The van der Waals surface area contributed by atoms with Crippen molar-refractivity contribution in [3.05, 3.63) is 88.2 Å². The number of nitrogens with one attached hydrogen (secondary N) is 1. The predicted octanol–water partition coefficient (Wildman–Crippen LogP) is 3.19. The van der Waals surface area contributed by atoms with E-state index < -0.39 is 12.6 Å². The van der Waals surface area contributed by atoms with Gasteiger partial charge in [0.15, 0.2) is 6.61 Å². The van der Waals surface area contributed by atoms with E-state index in [0.29, 0.717) is 23.4 Å². The van der Waals surface area contributed by atoms with E-state index in [1.165, 1.54) is 0 Å². The predicted molar refractivity (Wildman–Crippen MR) is 127 cm³/mol. The SMILES string of the molecule is O=C(O)COc1ccc2c(c1)N(C(=O)Cc1ccc(-c3n[nH]c(=O)c4ccccc34)cc1)CC2. The largest absolute Gasteiger partial charge is 0.482 e. The van der Waals surface area contributed by atoms with Crippen molar-refractivity contribution in [2.75, 3.05) is 18.1 Å². The lowest BCUT2D eigenvalue weighted by Gasteiger charge is -2.18. The van der Waals surface area contributed by atoms with Gasteiger partial charge in [-0.15, -0.1) is 0 Å². The van der Waals surface area contributed by atoms with Crippen molar-refractivity contribution in [3.63, 3.8) is 0 Å². The summed E-state index contributed by atoms with van der Waals surface area (Å²) < 4.78 is 5.27. The van der Waals surface area contributed by atoms with Gasteiger partial charge in [0.1, 0.15) is 5.75 Å². The molecular formula is C26H21N3O5. The number of aromatic nitrogens is 2. The fourth-order valence-corrected chi connectivity index (χ4v) is 4.24. The molecule has 0 aliphatic carbocycles. The zero-order valence-corrected chi connectivity index (χ0v) is 18.2. The molecule has 0 unspecified atom stereocenters. The van der Waals surface area contributed by atoms with Crippen LogP contribution in [-0.4, -0.2) is 40.3 Å². The Hall–Kier alpha value is -4.46. The second kappa shape index (κ2) is 8.82. The molecule has 8 nitrogen and oxygen atoms in total. The molecule has 1 amide bonds. The minimum atomic E-state index is -1.05. The quantitative estimate of drug-likeness (QED) is 0.462. The van der Waals surface area contributed by atoms with Crippen LogP contribution in [-0.2, 0) is 22.4 Å². The van der Waals surface area contributed by atoms with Gasteiger partial charge in [0, 0.05) is 23.6 Å². The van der Waals surface area contributed by atoms with Crippen molar-refractivity contribution in [2.45, 2.75) is 12.8 Å². The molecule has 2 heterocycles. The molecule has 0 saturated carbocycles. The number of benzene rings is 3. The third-order valence-electron chi connectivity index (χ3n) is 5.89. The number of carbonyl (C=O) groups is 2. The van der Waals surface area contributed by atoms with E-state index in [4.69, 9.17) is 9.84 Å². The average Bonchev–Trinajstić information content (AvgIpc) is 3.27. The van der Waals surface area contributed by atoms with Crippen LogP contribution in [0.25, 0.3) is 22.0 Å². The molecule has 0 spiro atoms. The van der Waals surface area contributed by atoms with Crippen LogP contribution in [0, 0.1) is 0 Å². The van der Waals surface area contributed by atoms with Crippen LogP contribution in [0.2, 0.25) is 0 Å². The molecule has 0 radical (unpaired) electrons. The van der Waals surface area contributed by atoms with Crippen LogP contribution < -0.4 is 15.2 Å². The number of carbonyl (C=O) groups excluding carboxylic acids is 1. The lowest BCUT2D eigenvalue weighted by molar-refractivity contribution is -0.139. The lowest BCUT2D eigenvalue weighted by Crippen LogP contribution is -2.30. The van der Waals surface area contributed by atoms with E-state index in [-0.39, 0.29) is 17.9 Å². The molecular weight excluding hydrogens is 434 g/mol. The maximum absolute atomic E-state index is 13.1. The number of amides is 1. The van der Waals surface area contributed by atoms with Gasteiger partial charge in [-0.3, -0.25) is 9.59 Å². The van der Waals surface area contributed by atoms with Crippen LogP contribution in [0.15, 0.2) is 71.5 Å². The van der Waals surface area contributed by atoms with Gasteiger partial charge < -0.3 is 14.7 Å². The summed E-state index contributed by atoms with van der Waals surface area (Å²) in [5, 5.41) is 16.9. The molecule has 5 rings (SSSR count). The molecule has 0 fully saturated rings. The van der Waals surface area contributed by atoms with Gasteiger partial charge in [-0.25, -0.2) is 9.89 Å². The number of anilines is 1. The molecule has 0 atom stereocenters. The summed E-state index contributed by atoms with van der Waals surface area (Å²) in [5.74, 6) is -0.678. The maximum atomic E-state index is 13.1. The van der Waals surface area contributed by atoms with Crippen molar-refractivity contribution in [1.82, 2.24) is 10.2 Å². The summed E-state index contributed by atoms with van der Waals surface area (Å²) in [6, 6.07) is 20.2. The number of H-pyrrole nitrogens is 1. The molecule has 34 heavy (non-hydrogen) atoms. The van der Waals surface area contributed by atoms with Crippen LogP contribution in [0.3, 0.4) is 0 Å². The van der Waals surface area contributed by atoms with Crippen molar-refractivity contribution in [3.8, 4) is 17.0 Å². The van der Waals surface area contributed by atoms with Crippen LogP contribution in [0.5, 0.6) is 5.75 Å². The Labute approximate surface area is 194 Å². The Morgan fingerprint density at radius 2 is 1.79 bits per heavy atom. The number of ether oxygens (including phenoxy) is 1. The minimum absolute atomic E-state index is 0.0468. The Morgan fingerprint density at radius 1 is 1.03 bits per heavy atom. The molecule has 0 bridgehead atoms. The molecule has 4 aromatic rings. The van der Waals surface area contributed by atoms with E-state index >= 15 is 0 Å². The van der Waals surface area contributed by atoms with Crippen LogP contribution in [0.4, 0.5) is 5.69 Å². The maximum Gasteiger partial charge on any atom is 0.341 e. The number of aliphatic carboxylic acids is 1. The van der Waals surface area contributed by atoms with Crippen molar-refractivity contribution >= 4 is 28.3 Å². The fourth-order valence-electron chi connectivity index (χ4n) is 4.24. The third-order valence-corrected chi connectivity index (χ3v) is 5.89. The van der Waals surface area contributed by atoms with Gasteiger partial charge in [0.05, 0.1) is 23.2 Å². The summed E-state index contributed by atoms with van der Waals surface area (Å²) >= 11 is 0. The standard InChI is InChI=1S/C26H21N3O5/c30-23(29-12-11-17-9-10-19(14-22(17)29)34-15-24(31)32)13-16-5-7-18(8-6-16)25-20-3-1-2-4-21(20)26(33)28-27-25/h1-10,14H,11-13,15H2,(H,28,33)(H,31,32). The van der Waals surface area contributed by atoms with Gasteiger partial charge in [-0.05, 0) is 29.7 Å². The highest BCUT2D eigenvalue weighted by Crippen LogP contribution is 2.32. The molecule has 8 heteroatoms. The lowest BCUT2D eigenvalue weighted by atomic mass is 10.0. The molecule has 2 N–H and O–H groups in total. The summed E-state index contributed by atoms with van der Waals surface area (Å²) in [7, 11) is 0. The minimum Gasteiger partial charge on any atom is -0.482 e. The number of carboxylic acid groups (broad SMARTS) is 1. The molecule has 1 aromatic heterocycles. The second-order valence-corrected chi connectivity index (χ2v) is 8.09. The van der Waals surface area contributed by atoms with Crippen molar-refractivity contribution in [2.24, 2.45) is 0 Å². The van der Waals surface area contributed by atoms with E-state index in [0.717, 1.165) is 34.2 Å². The van der Waals surface area contributed by atoms with E-state index in [1.807, 2.05) is 48.5 Å². The van der Waals surface area contributed by atoms with Gasteiger partial charge in [0.2, 0.25) is 5.91 Å². The first-order valence-corrected chi connectivity index (χ1v) is 10.8. The van der Waals surface area contributed by atoms with Crippen LogP contribution >= 0.6 is 0 Å². The Balaban J connectivity index is 1.34. The Morgan fingerprint density at radius 3 is 2.56 bits per heavy atom. The first-order valence-electron chi connectivity index (χ1n) is 10.8. The zero-order chi connectivity index (χ0) is 23.7. The number of nitrogens with zero attached hydrogens (tertiary/aromatic N) is 2. The summed E-state index contributed by atoms with van der Waals surface area (Å²) in [6.45, 7) is 0.139. The number of hydrogen-bond acceptors (Lipinski definition) is 5. The van der Waals surface area contributed by atoms with Gasteiger partial charge in [0.25, 0.3) is 5.56 Å². The topological polar surface area (TPSA) is 113 Å². The van der Waals surface area contributed by atoms with E-state index in [2.05, 4.69) is 10.2 Å². The Bertz CT molecular complexity index is 1460. The van der Waals surface area contributed by atoms with Crippen LogP contribution in [0.1, 0.15) is 11.1 Å². The number of aromatic amines is 1. The zero-order valence-electron chi connectivity index (χ0n) is 18.2. The monoisotopic (exact) mass is 455 g/mol. The van der Waals surface area contributed by atoms with Crippen molar-refractivity contribution in [1.29, 1.82) is 0 Å². The highest BCUT2D eigenvalue weighted by Gasteiger charge is 2.25. The summed E-state index contributed by atoms with van der Waals surface area (Å²) in [5.41, 5.74) is 3.93. The Kier molecular flexibility index (Phi) is 5.55. The molecule has 3 aromatic carbocycles. The smallest absolute Gasteiger partial charge is 0.341 e. The molecule has 1 aliphatic heterocycles. The van der Waals surface area contributed by atoms with Crippen molar-refractivity contribution < 1.29 is 19.4 Å². The van der Waals surface area contributed by atoms with Gasteiger partial charge in [-0.1, -0.05) is 48.5 Å². The number of hydrogen-bond donors (Lipinski definition) is 2. The summed E-state index contributed by atoms with van der Waals surface area (Å²) in [4.78, 5) is 37.6. The van der Waals surface area contributed by atoms with E-state index in [1.54, 1.807) is 23.1 Å². The molecule has 1 aliphatic rings. The third kappa shape index (κ3) is 4.13. The first kappa shape index (κ1) is 21.4. The average molecular weight is 455 g/mol. The van der Waals surface area contributed by atoms with E-state index in [9.17, 15) is 14.4 Å². The number of rotatable bonds is 6. The number of carboxylic acids is 1. The van der Waals surface area contributed by atoms with Gasteiger partial charge >= 0.3 is 5.97 Å². The number of fused-ring (bicyclic) bond motifs is 2. The highest BCUT2D eigenvalue weighted by atomic mass is 16.5. The molecule has 0 saturated heterocycles. The normalized spacial score (nSPS) is 12.5. The van der Waals surface area contributed by atoms with Gasteiger partial charge in [-0.2, -0.15) is 5.10 Å². The highest BCUT2D eigenvalue weighted by molar-refractivity contribution is 5.97. The molecule has 170 valence electrons. The fraction of sp³-hybridized carbons (Fsp3) is 0.154. The first-order chi connectivity index (χ1) is 16.5.